The molecule has 0 saturated carbocycles. The fraction of sp³-hybridized carbons (Fsp3) is 0.765. The summed E-state index contributed by atoms with van der Waals surface area (Å²) < 4.78 is 5.45. The van der Waals surface area contributed by atoms with Gasteiger partial charge >= 0.3 is 5.97 Å². The lowest BCUT2D eigenvalue weighted by molar-refractivity contribution is -0.139. The van der Waals surface area contributed by atoms with E-state index in [1.54, 1.807) is 0 Å². The van der Waals surface area contributed by atoms with E-state index in [0.717, 1.165) is 25.7 Å². The number of allylic oxidation sites excluding steroid dienone is 1. The molecule has 0 spiro atoms. The molecule has 23 heavy (non-hydrogen) atoms. The van der Waals surface area contributed by atoms with Crippen LogP contribution in [0.1, 0.15) is 46.0 Å². The number of hydrogen-bond acceptors (Lipinski definition) is 4. The third kappa shape index (κ3) is 8.13. The molecule has 6 heteroatoms. The van der Waals surface area contributed by atoms with Gasteiger partial charge < -0.3 is 20.5 Å². The lowest BCUT2D eigenvalue weighted by Gasteiger charge is -2.16. The van der Waals surface area contributed by atoms with Crippen molar-refractivity contribution < 1.29 is 19.4 Å². The van der Waals surface area contributed by atoms with Crippen molar-refractivity contribution in [3.63, 3.8) is 0 Å². The Bertz CT molecular complexity index is 398. The number of carboxylic acids is 1. The van der Waals surface area contributed by atoms with Crippen LogP contribution in [0.4, 0.5) is 0 Å². The molecule has 3 N–H and O–H groups in total. The number of carbonyl (C=O) groups excluding carboxylic acids is 1. The van der Waals surface area contributed by atoms with Crippen LogP contribution in [-0.4, -0.2) is 48.8 Å². The number of aliphatic carboxylic acids is 1. The third-order valence-corrected chi connectivity index (χ3v) is 4.10. The van der Waals surface area contributed by atoms with Crippen molar-refractivity contribution in [3.8, 4) is 0 Å². The Morgan fingerprint density at radius 1 is 1.30 bits per heavy atom. The average Bonchev–Trinajstić information content (AvgIpc) is 2.89. The zero-order valence-corrected chi connectivity index (χ0v) is 14.2. The van der Waals surface area contributed by atoms with E-state index in [4.69, 9.17) is 9.84 Å². The van der Waals surface area contributed by atoms with Crippen molar-refractivity contribution in [3.05, 3.63) is 12.2 Å². The van der Waals surface area contributed by atoms with Gasteiger partial charge in [0, 0.05) is 26.1 Å². The van der Waals surface area contributed by atoms with Crippen LogP contribution in [0.5, 0.6) is 0 Å². The van der Waals surface area contributed by atoms with Crippen LogP contribution in [0.15, 0.2) is 12.2 Å². The minimum atomic E-state index is -0.755. The Morgan fingerprint density at radius 2 is 2.09 bits per heavy atom. The van der Waals surface area contributed by atoms with Crippen LogP contribution in [0.2, 0.25) is 0 Å². The maximum Gasteiger partial charge on any atom is 0.320 e. The summed E-state index contributed by atoms with van der Waals surface area (Å²) in [6.45, 7) is 5.28. The van der Waals surface area contributed by atoms with Gasteiger partial charge in [0.2, 0.25) is 5.91 Å². The predicted octanol–water partition coefficient (Wildman–Crippen LogP) is 1.71. The summed E-state index contributed by atoms with van der Waals surface area (Å²) >= 11 is 0. The largest absolute Gasteiger partial charge is 0.480 e. The smallest absolute Gasteiger partial charge is 0.320 e. The lowest BCUT2D eigenvalue weighted by atomic mass is 9.94. The maximum absolute atomic E-state index is 11.1. The minimum absolute atomic E-state index is 0.0342. The SMILES string of the molecule is C/C=C\[C@@H]1C[C@H](C(=O)O)N[C@@H]1CCCCCOCCNC(C)=O. The standard InChI is InChI=1S/C17H30N2O4/c1-3-7-14-12-16(17(21)22)19-15(14)8-5-4-6-10-23-11-9-18-13(2)20/h3,7,14-16,19H,4-6,8-12H2,1-2H3,(H,18,20)(H,21,22)/b7-3-/t14-,15-,16-/m1/s1. The number of ether oxygens (including phenoxy) is 1. The molecular formula is C17H30N2O4. The average molecular weight is 326 g/mol. The summed E-state index contributed by atoms with van der Waals surface area (Å²) in [5.74, 6) is -0.474. The van der Waals surface area contributed by atoms with Gasteiger partial charge in [0.1, 0.15) is 6.04 Å². The van der Waals surface area contributed by atoms with Gasteiger partial charge in [0.25, 0.3) is 0 Å². The van der Waals surface area contributed by atoms with Crippen LogP contribution < -0.4 is 10.6 Å². The Morgan fingerprint density at radius 3 is 2.74 bits per heavy atom. The van der Waals surface area contributed by atoms with Crippen molar-refractivity contribution in [2.45, 2.75) is 58.0 Å². The van der Waals surface area contributed by atoms with E-state index in [1.807, 2.05) is 13.0 Å². The monoisotopic (exact) mass is 326 g/mol. The molecule has 132 valence electrons. The number of unbranched alkanes of at least 4 members (excludes halogenated alkanes) is 2. The highest BCUT2D eigenvalue weighted by Crippen LogP contribution is 2.26. The zero-order valence-electron chi connectivity index (χ0n) is 14.2. The first-order valence-corrected chi connectivity index (χ1v) is 8.48. The minimum Gasteiger partial charge on any atom is -0.480 e. The molecule has 1 heterocycles. The summed E-state index contributed by atoms with van der Waals surface area (Å²) in [7, 11) is 0. The molecule has 1 saturated heterocycles. The highest BCUT2D eigenvalue weighted by atomic mass is 16.5. The summed E-state index contributed by atoms with van der Waals surface area (Å²) in [6.07, 6.45) is 8.91. The number of rotatable bonds is 11. The summed E-state index contributed by atoms with van der Waals surface area (Å²) in [5.41, 5.74) is 0. The molecule has 1 rings (SSSR count). The van der Waals surface area contributed by atoms with Gasteiger partial charge in [-0.05, 0) is 32.1 Å². The van der Waals surface area contributed by atoms with Crippen molar-refractivity contribution in [1.82, 2.24) is 10.6 Å². The summed E-state index contributed by atoms with van der Waals surface area (Å²) in [6, 6.07) is -0.161. The number of carbonyl (C=O) groups is 2. The number of hydrogen-bond donors (Lipinski definition) is 3. The first-order valence-electron chi connectivity index (χ1n) is 8.48. The molecule has 0 aromatic rings. The molecule has 3 atom stereocenters. The molecule has 0 aliphatic carbocycles. The maximum atomic E-state index is 11.1. The van der Waals surface area contributed by atoms with E-state index in [-0.39, 0.29) is 11.9 Å². The molecule has 1 aliphatic rings. The molecule has 1 amide bonds. The predicted molar refractivity (Wildman–Crippen MR) is 89.2 cm³/mol. The first-order chi connectivity index (χ1) is 11.0. The van der Waals surface area contributed by atoms with E-state index in [1.165, 1.54) is 6.92 Å². The van der Waals surface area contributed by atoms with Crippen molar-refractivity contribution in [2.75, 3.05) is 19.8 Å². The molecule has 0 aromatic heterocycles. The van der Waals surface area contributed by atoms with Crippen molar-refractivity contribution in [2.24, 2.45) is 5.92 Å². The lowest BCUT2D eigenvalue weighted by Crippen LogP contribution is -2.36. The second kappa shape index (κ2) is 11.2. The normalized spacial score (nSPS) is 24.2. The second-order valence-electron chi connectivity index (χ2n) is 6.03. The van der Waals surface area contributed by atoms with Crippen LogP contribution >= 0.6 is 0 Å². The molecule has 0 aromatic carbocycles. The fourth-order valence-electron chi connectivity index (χ4n) is 2.96. The molecular weight excluding hydrogens is 296 g/mol. The van der Waals surface area contributed by atoms with Gasteiger partial charge in [-0.2, -0.15) is 0 Å². The number of amides is 1. The fourth-order valence-corrected chi connectivity index (χ4v) is 2.96. The highest BCUT2D eigenvalue weighted by molar-refractivity contribution is 5.74. The van der Waals surface area contributed by atoms with Crippen LogP contribution in [-0.2, 0) is 14.3 Å². The van der Waals surface area contributed by atoms with Crippen LogP contribution in [0.25, 0.3) is 0 Å². The molecule has 6 nitrogen and oxygen atoms in total. The van der Waals surface area contributed by atoms with E-state index in [2.05, 4.69) is 16.7 Å². The second-order valence-corrected chi connectivity index (χ2v) is 6.03. The van der Waals surface area contributed by atoms with Crippen LogP contribution in [0, 0.1) is 5.92 Å². The Kier molecular flexibility index (Phi) is 9.55. The van der Waals surface area contributed by atoms with Gasteiger partial charge in [0.15, 0.2) is 0 Å². The molecule has 1 fully saturated rings. The van der Waals surface area contributed by atoms with E-state index < -0.39 is 12.0 Å². The first kappa shape index (κ1) is 19.6. The Labute approximate surface area is 138 Å². The molecule has 1 aliphatic heterocycles. The van der Waals surface area contributed by atoms with E-state index >= 15 is 0 Å². The summed E-state index contributed by atoms with van der Waals surface area (Å²) in [4.78, 5) is 21.8. The topological polar surface area (TPSA) is 87.7 Å². The van der Waals surface area contributed by atoms with Gasteiger partial charge in [0.05, 0.1) is 6.61 Å². The molecule has 0 radical (unpaired) electrons. The van der Waals surface area contributed by atoms with Gasteiger partial charge in [-0.3, -0.25) is 9.59 Å². The Hall–Kier alpha value is -1.40. The molecule has 0 bridgehead atoms. The number of carboxylic acid groups (broad SMARTS) is 1. The van der Waals surface area contributed by atoms with Gasteiger partial charge in [-0.25, -0.2) is 0 Å². The quantitative estimate of drug-likeness (QED) is 0.397. The third-order valence-electron chi connectivity index (χ3n) is 4.10. The van der Waals surface area contributed by atoms with Crippen molar-refractivity contribution in [1.29, 1.82) is 0 Å². The van der Waals surface area contributed by atoms with E-state index in [0.29, 0.717) is 32.1 Å². The molecule has 0 unspecified atom stereocenters. The van der Waals surface area contributed by atoms with Crippen molar-refractivity contribution >= 4 is 11.9 Å². The van der Waals surface area contributed by atoms with Crippen LogP contribution in [0.3, 0.4) is 0 Å². The van der Waals surface area contributed by atoms with Gasteiger partial charge in [-0.1, -0.05) is 25.0 Å². The highest BCUT2D eigenvalue weighted by Gasteiger charge is 2.35. The van der Waals surface area contributed by atoms with Gasteiger partial charge in [-0.15, -0.1) is 0 Å². The summed E-state index contributed by atoms with van der Waals surface area (Å²) in [5, 5.41) is 15.1. The zero-order chi connectivity index (χ0) is 17.1. The Balaban J connectivity index is 2.09. The number of nitrogens with one attached hydrogen (secondary N) is 2. The van der Waals surface area contributed by atoms with E-state index in [9.17, 15) is 9.59 Å².